The highest BCUT2D eigenvalue weighted by Crippen LogP contribution is 2.34. The van der Waals surface area contributed by atoms with Crippen molar-refractivity contribution in [3.8, 4) is 11.5 Å². The number of urea groups is 1. The zero-order chi connectivity index (χ0) is 24.0. The molecule has 0 saturated carbocycles. The molecule has 8 heteroatoms. The number of carbonyl (C=O) groups is 2. The van der Waals surface area contributed by atoms with Crippen molar-refractivity contribution in [2.45, 2.75) is 6.04 Å². The predicted octanol–water partition coefficient (Wildman–Crippen LogP) is 3.47. The van der Waals surface area contributed by atoms with E-state index in [-0.39, 0.29) is 25.3 Å². The number of hydrogen-bond acceptors (Lipinski definition) is 6. The molecule has 0 aliphatic carbocycles. The molecule has 0 bridgehead atoms. The standard InChI is InChI=1S/C27H28N4O4/c32-25(29-27(33)28-22-11-12-23-24(17-22)35-19-34-23)18-30-13-15-31(16-14-30)26(20-7-3-1-4-8-20)21-9-5-2-6-10-21/h1-12,17,26H,13-16,18-19H2,(H2,28,29,32,33). The van der Waals surface area contributed by atoms with E-state index in [1.165, 1.54) is 11.1 Å². The van der Waals surface area contributed by atoms with E-state index >= 15 is 0 Å². The van der Waals surface area contributed by atoms with Crippen LogP contribution in [0.2, 0.25) is 0 Å². The minimum atomic E-state index is -0.569. The minimum absolute atomic E-state index is 0.161. The van der Waals surface area contributed by atoms with Crippen LogP contribution in [-0.2, 0) is 4.79 Å². The quantitative estimate of drug-likeness (QED) is 0.572. The van der Waals surface area contributed by atoms with Gasteiger partial charge < -0.3 is 14.8 Å². The Balaban J connectivity index is 1.13. The SMILES string of the molecule is O=C(CN1CCN(C(c2ccccc2)c2ccccc2)CC1)NC(=O)Nc1ccc2c(c1)OCO2. The molecule has 1 saturated heterocycles. The molecule has 35 heavy (non-hydrogen) atoms. The Morgan fingerprint density at radius 2 is 1.43 bits per heavy atom. The topological polar surface area (TPSA) is 83.1 Å². The van der Waals surface area contributed by atoms with Crippen molar-refractivity contribution in [1.29, 1.82) is 0 Å². The van der Waals surface area contributed by atoms with Crippen LogP contribution >= 0.6 is 0 Å². The summed E-state index contributed by atoms with van der Waals surface area (Å²) in [5, 5.41) is 5.08. The molecule has 2 heterocycles. The normalized spacial score (nSPS) is 15.7. The van der Waals surface area contributed by atoms with E-state index in [1.807, 2.05) is 12.1 Å². The highest BCUT2D eigenvalue weighted by molar-refractivity contribution is 6.01. The number of imide groups is 1. The van der Waals surface area contributed by atoms with Crippen LogP contribution in [0.3, 0.4) is 0 Å². The molecule has 5 rings (SSSR count). The lowest BCUT2D eigenvalue weighted by molar-refractivity contribution is -0.121. The summed E-state index contributed by atoms with van der Waals surface area (Å²) in [6.45, 7) is 3.47. The van der Waals surface area contributed by atoms with Crippen molar-refractivity contribution in [2.75, 3.05) is 44.8 Å². The molecule has 0 unspecified atom stereocenters. The molecule has 180 valence electrons. The van der Waals surface area contributed by atoms with E-state index in [4.69, 9.17) is 9.47 Å². The van der Waals surface area contributed by atoms with Gasteiger partial charge in [-0.25, -0.2) is 4.79 Å². The fourth-order valence-corrected chi connectivity index (χ4v) is 4.57. The molecule has 0 aromatic heterocycles. The zero-order valence-electron chi connectivity index (χ0n) is 19.4. The third kappa shape index (κ3) is 5.62. The van der Waals surface area contributed by atoms with Crippen LogP contribution < -0.4 is 20.1 Å². The lowest BCUT2D eigenvalue weighted by Gasteiger charge is -2.39. The van der Waals surface area contributed by atoms with Crippen LogP contribution in [0.25, 0.3) is 0 Å². The van der Waals surface area contributed by atoms with Crippen LogP contribution in [0, 0.1) is 0 Å². The predicted molar refractivity (Wildman–Crippen MR) is 132 cm³/mol. The van der Waals surface area contributed by atoms with Gasteiger partial charge in [-0.3, -0.25) is 19.9 Å². The maximum atomic E-state index is 12.5. The van der Waals surface area contributed by atoms with E-state index in [2.05, 4.69) is 69.0 Å². The van der Waals surface area contributed by atoms with E-state index in [0.29, 0.717) is 17.2 Å². The summed E-state index contributed by atoms with van der Waals surface area (Å²) in [7, 11) is 0. The number of nitrogens with one attached hydrogen (secondary N) is 2. The van der Waals surface area contributed by atoms with Gasteiger partial charge in [-0.1, -0.05) is 60.7 Å². The van der Waals surface area contributed by atoms with Crippen molar-refractivity contribution in [3.63, 3.8) is 0 Å². The van der Waals surface area contributed by atoms with Gasteiger partial charge in [-0.15, -0.1) is 0 Å². The molecule has 2 aliphatic rings. The maximum absolute atomic E-state index is 12.5. The van der Waals surface area contributed by atoms with Crippen molar-refractivity contribution in [2.24, 2.45) is 0 Å². The molecule has 3 aromatic carbocycles. The first kappa shape index (κ1) is 22.9. The third-order valence-corrected chi connectivity index (χ3v) is 6.25. The number of amides is 3. The van der Waals surface area contributed by atoms with E-state index in [0.717, 1.165) is 26.2 Å². The lowest BCUT2D eigenvalue weighted by atomic mass is 9.96. The molecular formula is C27H28N4O4. The van der Waals surface area contributed by atoms with Gasteiger partial charge in [-0.2, -0.15) is 0 Å². The summed E-state index contributed by atoms with van der Waals surface area (Å²) < 4.78 is 10.6. The zero-order valence-corrected chi connectivity index (χ0v) is 19.4. The first-order valence-corrected chi connectivity index (χ1v) is 11.7. The van der Waals surface area contributed by atoms with Gasteiger partial charge in [0.2, 0.25) is 12.7 Å². The smallest absolute Gasteiger partial charge is 0.325 e. The first-order valence-electron chi connectivity index (χ1n) is 11.7. The van der Waals surface area contributed by atoms with Crippen LogP contribution in [0.4, 0.5) is 10.5 Å². The fourth-order valence-electron chi connectivity index (χ4n) is 4.57. The van der Waals surface area contributed by atoms with Crippen molar-refractivity contribution >= 4 is 17.6 Å². The number of fused-ring (bicyclic) bond motifs is 1. The summed E-state index contributed by atoms with van der Waals surface area (Å²) in [6, 6.07) is 25.7. The van der Waals surface area contributed by atoms with Gasteiger partial charge in [0.1, 0.15) is 0 Å². The number of carbonyl (C=O) groups excluding carboxylic acids is 2. The Bertz CT molecular complexity index is 1120. The Morgan fingerprint density at radius 3 is 2.09 bits per heavy atom. The average Bonchev–Trinajstić information content (AvgIpc) is 3.34. The molecule has 8 nitrogen and oxygen atoms in total. The Hall–Kier alpha value is -3.88. The fraction of sp³-hybridized carbons (Fsp3) is 0.259. The van der Waals surface area contributed by atoms with Crippen LogP contribution in [0.15, 0.2) is 78.9 Å². The summed E-state index contributed by atoms with van der Waals surface area (Å²) in [4.78, 5) is 29.3. The van der Waals surface area contributed by atoms with E-state index in [9.17, 15) is 9.59 Å². The number of piperazine rings is 1. The summed E-state index contributed by atoms with van der Waals surface area (Å²) in [6.07, 6.45) is 0. The molecule has 0 spiro atoms. The minimum Gasteiger partial charge on any atom is -0.454 e. The Labute approximate surface area is 204 Å². The molecule has 0 atom stereocenters. The third-order valence-electron chi connectivity index (χ3n) is 6.25. The van der Waals surface area contributed by atoms with Crippen LogP contribution in [0.5, 0.6) is 11.5 Å². The van der Waals surface area contributed by atoms with Gasteiger partial charge in [0.25, 0.3) is 0 Å². The first-order chi connectivity index (χ1) is 17.2. The molecule has 3 amide bonds. The summed E-state index contributed by atoms with van der Waals surface area (Å²) in [5.41, 5.74) is 3.04. The molecule has 2 aliphatic heterocycles. The average molecular weight is 473 g/mol. The Morgan fingerprint density at radius 1 is 0.800 bits per heavy atom. The van der Waals surface area contributed by atoms with Crippen LogP contribution in [-0.4, -0.2) is 61.3 Å². The molecular weight excluding hydrogens is 444 g/mol. The van der Waals surface area contributed by atoms with Crippen molar-refractivity contribution in [3.05, 3.63) is 90.0 Å². The summed E-state index contributed by atoms with van der Waals surface area (Å²) >= 11 is 0. The Kier molecular flexibility index (Phi) is 6.92. The van der Waals surface area contributed by atoms with E-state index < -0.39 is 6.03 Å². The molecule has 3 aromatic rings. The van der Waals surface area contributed by atoms with Gasteiger partial charge in [0.05, 0.1) is 12.6 Å². The van der Waals surface area contributed by atoms with Gasteiger partial charge in [-0.05, 0) is 23.3 Å². The monoisotopic (exact) mass is 472 g/mol. The highest BCUT2D eigenvalue weighted by Gasteiger charge is 2.27. The molecule has 2 N–H and O–H groups in total. The number of anilines is 1. The number of benzene rings is 3. The maximum Gasteiger partial charge on any atom is 0.325 e. The number of ether oxygens (including phenoxy) is 2. The second kappa shape index (κ2) is 10.6. The van der Waals surface area contributed by atoms with Gasteiger partial charge in [0, 0.05) is 37.9 Å². The highest BCUT2D eigenvalue weighted by atomic mass is 16.7. The molecule has 0 radical (unpaired) electrons. The summed E-state index contributed by atoms with van der Waals surface area (Å²) in [5.74, 6) is 0.864. The number of nitrogens with zero attached hydrogens (tertiary/aromatic N) is 2. The number of rotatable bonds is 6. The molecule has 1 fully saturated rings. The van der Waals surface area contributed by atoms with Crippen molar-refractivity contribution < 1.29 is 19.1 Å². The van der Waals surface area contributed by atoms with Gasteiger partial charge in [0.15, 0.2) is 11.5 Å². The van der Waals surface area contributed by atoms with E-state index in [1.54, 1.807) is 18.2 Å². The van der Waals surface area contributed by atoms with Gasteiger partial charge >= 0.3 is 6.03 Å². The second-order valence-electron chi connectivity index (χ2n) is 8.61. The largest absolute Gasteiger partial charge is 0.454 e. The van der Waals surface area contributed by atoms with Crippen molar-refractivity contribution in [1.82, 2.24) is 15.1 Å². The van der Waals surface area contributed by atoms with Crippen LogP contribution in [0.1, 0.15) is 17.2 Å². The lowest BCUT2D eigenvalue weighted by Crippen LogP contribution is -2.51. The second-order valence-corrected chi connectivity index (χ2v) is 8.61. The number of hydrogen-bond donors (Lipinski definition) is 2.